The largest absolute Gasteiger partial charge is 0.313 e. The Bertz CT molecular complexity index is 828. The zero-order chi connectivity index (χ0) is 28.7. The number of nitrogens with one attached hydrogen (secondary N) is 3. The van der Waals surface area contributed by atoms with Crippen LogP contribution in [0.15, 0.2) is 37.0 Å². The van der Waals surface area contributed by atoms with E-state index >= 15 is 0 Å². The standard InChI is InChI=1S/C22H33N.C9H19N.C2H4.CH6N2/c1-14-9-11-21(3)16(13-14)5-6-17-19-8-7-18(15(2)23)22(19,4)12-10-20(17)21;1-4-5-8-6-9(2,3)7-10-8;1-2;1-3-2/h13,17-20,23H,1,5-12H2,2-4H3;8,10H,4-7H2,1-3H3;1-2H2;3H,2H2,1H3. The molecular weight excluding hydrogens is 464 g/mol. The Labute approximate surface area is 236 Å². The predicted molar refractivity (Wildman–Crippen MR) is 167 cm³/mol. The van der Waals surface area contributed by atoms with Gasteiger partial charge in [0.1, 0.15) is 0 Å². The van der Waals surface area contributed by atoms with Crippen molar-refractivity contribution in [1.82, 2.24) is 10.7 Å². The first-order valence-corrected chi connectivity index (χ1v) is 15.5. The lowest BCUT2D eigenvalue weighted by Crippen LogP contribution is -2.50. The van der Waals surface area contributed by atoms with Gasteiger partial charge in [0.25, 0.3) is 0 Å². The number of hydrogen-bond acceptors (Lipinski definition) is 4. The van der Waals surface area contributed by atoms with Gasteiger partial charge in [-0.2, -0.15) is 0 Å². The summed E-state index contributed by atoms with van der Waals surface area (Å²) < 4.78 is 0. The van der Waals surface area contributed by atoms with E-state index in [1.165, 1.54) is 82.7 Å². The zero-order valence-electron chi connectivity index (χ0n) is 26.1. The Morgan fingerprint density at radius 2 is 1.74 bits per heavy atom. The summed E-state index contributed by atoms with van der Waals surface area (Å²) in [5.41, 5.74) is 7.70. The molecule has 1 heterocycles. The van der Waals surface area contributed by atoms with Crippen molar-refractivity contribution in [2.24, 2.45) is 45.8 Å². The van der Waals surface area contributed by atoms with E-state index in [1.54, 1.807) is 12.6 Å². The Balaban J connectivity index is 0.000000283. The van der Waals surface area contributed by atoms with E-state index in [1.807, 2.05) is 0 Å². The summed E-state index contributed by atoms with van der Waals surface area (Å²) in [6, 6.07) is 0.806. The minimum absolute atomic E-state index is 0.419. The number of fused-ring (bicyclic) bond motifs is 5. The molecule has 0 amide bonds. The van der Waals surface area contributed by atoms with Gasteiger partial charge in [-0.05, 0) is 112 Å². The van der Waals surface area contributed by atoms with Crippen LogP contribution in [0.3, 0.4) is 0 Å². The number of allylic oxidation sites excluding steroid dienone is 3. The lowest BCUT2D eigenvalue weighted by molar-refractivity contribution is -0.0417. The summed E-state index contributed by atoms with van der Waals surface area (Å²) in [4.78, 5) is 0. The molecule has 0 aromatic carbocycles. The fourth-order valence-electron chi connectivity index (χ4n) is 9.14. The van der Waals surface area contributed by atoms with Crippen LogP contribution >= 0.6 is 0 Å². The molecule has 4 aliphatic carbocycles. The molecule has 0 aromatic heterocycles. The van der Waals surface area contributed by atoms with E-state index in [-0.39, 0.29) is 0 Å². The number of rotatable bonds is 3. The first kappa shape index (κ1) is 33.0. The van der Waals surface area contributed by atoms with Crippen molar-refractivity contribution in [2.75, 3.05) is 13.6 Å². The van der Waals surface area contributed by atoms with Crippen LogP contribution in [0.2, 0.25) is 0 Å². The summed E-state index contributed by atoms with van der Waals surface area (Å²) in [5, 5.41) is 11.8. The summed E-state index contributed by atoms with van der Waals surface area (Å²) in [5.74, 6) is 7.82. The molecule has 5 aliphatic rings. The highest BCUT2D eigenvalue weighted by atomic mass is 15.2. The molecule has 7 unspecified atom stereocenters. The number of nitrogens with two attached hydrogens (primary N) is 1. The van der Waals surface area contributed by atoms with Gasteiger partial charge in [-0.25, -0.2) is 0 Å². The monoisotopic (exact) mass is 526 g/mol. The van der Waals surface area contributed by atoms with E-state index in [4.69, 9.17) is 5.41 Å². The van der Waals surface area contributed by atoms with Crippen molar-refractivity contribution >= 4 is 5.71 Å². The average Bonchev–Trinajstić information content (AvgIpc) is 3.40. The summed E-state index contributed by atoms with van der Waals surface area (Å²) in [7, 11) is 1.65. The molecule has 0 aromatic rings. The summed E-state index contributed by atoms with van der Waals surface area (Å²) in [6.45, 7) is 25.5. The average molecular weight is 527 g/mol. The highest BCUT2D eigenvalue weighted by molar-refractivity contribution is 5.82. The molecule has 0 bridgehead atoms. The van der Waals surface area contributed by atoms with Crippen molar-refractivity contribution in [1.29, 1.82) is 5.41 Å². The fourth-order valence-corrected chi connectivity index (χ4v) is 9.14. The molecule has 4 nitrogen and oxygen atoms in total. The number of hydrazine groups is 1. The van der Waals surface area contributed by atoms with E-state index in [0.717, 1.165) is 29.5 Å². The van der Waals surface area contributed by atoms with Crippen molar-refractivity contribution < 1.29 is 0 Å². The van der Waals surface area contributed by atoms with Gasteiger partial charge in [0.2, 0.25) is 0 Å². The van der Waals surface area contributed by atoms with Crippen LogP contribution < -0.4 is 16.6 Å². The zero-order valence-corrected chi connectivity index (χ0v) is 26.1. The van der Waals surface area contributed by atoms with E-state index in [2.05, 4.69) is 83.9 Å². The molecule has 218 valence electrons. The van der Waals surface area contributed by atoms with Crippen molar-refractivity contribution in [3.8, 4) is 0 Å². The van der Waals surface area contributed by atoms with Gasteiger partial charge in [-0.15, -0.1) is 13.2 Å². The highest BCUT2D eigenvalue weighted by Crippen LogP contribution is 2.66. The maximum absolute atomic E-state index is 8.26. The third kappa shape index (κ3) is 7.09. The van der Waals surface area contributed by atoms with Crippen LogP contribution in [0.25, 0.3) is 0 Å². The van der Waals surface area contributed by atoms with Gasteiger partial charge in [0.15, 0.2) is 0 Å². The van der Waals surface area contributed by atoms with E-state index in [9.17, 15) is 0 Å². The van der Waals surface area contributed by atoms with E-state index in [0.29, 0.717) is 22.2 Å². The minimum atomic E-state index is 0.419. The van der Waals surface area contributed by atoms with Gasteiger partial charge >= 0.3 is 0 Å². The van der Waals surface area contributed by atoms with E-state index < -0.39 is 0 Å². The third-order valence-electron chi connectivity index (χ3n) is 10.9. The Morgan fingerprint density at radius 1 is 1.08 bits per heavy atom. The van der Waals surface area contributed by atoms with Gasteiger partial charge in [0.05, 0.1) is 0 Å². The van der Waals surface area contributed by atoms with Crippen molar-refractivity contribution in [3.63, 3.8) is 0 Å². The van der Waals surface area contributed by atoms with Gasteiger partial charge in [0, 0.05) is 24.2 Å². The molecule has 38 heavy (non-hydrogen) atoms. The molecule has 1 aliphatic heterocycles. The van der Waals surface area contributed by atoms with Crippen LogP contribution in [0.1, 0.15) is 112 Å². The summed E-state index contributed by atoms with van der Waals surface area (Å²) >= 11 is 0. The van der Waals surface area contributed by atoms with Crippen LogP contribution in [0.4, 0.5) is 0 Å². The van der Waals surface area contributed by atoms with Gasteiger partial charge < -0.3 is 10.7 Å². The smallest absolute Gasteiger partial charge is 0.00946 e. The Morgan fingerprint density at radius 3 is 2.29 bits per heavy atom. The van der Waals surface area contributed by atoms with Crippen LogP contribution in [-0.2, 0) is 0 Å². The minimum Gasteiger partial charge on any atom is -0.313 e. The molecular formula is C34H62N4. The molecule has 1 saturated heterocycles. The van der Waals surface area contributed by atoms with Crippen LogP contribution in [-0.4, -0.2) is 25.3 Å². The van der Waals surface area contributed by atoms with Gasteiger partial charge in [-0.3, -0.25) is 11.3 Å². The molecule has 4 fully saturated rings. The quantitative estimate of drug-likeness (QED) is 0.129. The second kappa shape index (κ2) is 13.9. The molecule has 0 radical (unpaired) electrons. The van der Waals surface area contributed by atoms with Crippen LogP contribution in [0, 0.1) is 45.3 Å². The third-order valence-corrected chi connectivity index (χ3v) is 10.9. The SMILES string of the molecule is C=C.C=C1C=C2CCC3C(CCC4(C)C(C(C)=N)CCC34)C2(C)CC1.CCCC1CC(C)(C)CN1.CNN. The molecule has 0 spiro atoms. The second-order valence-corrected chi connectivity index (χ2v) is 14.0. The molecule has 5 rings (SSSR count). The van der Waals surface area contributed by atoms with Crippen molar-refractivity contribution in [3.05, 3.63) is 37.0 Å². The molecule has 3 saturated carbocycles. The number of hydrogen-bond donors (Lipinski definition) is 4. The molecule has 4 heteroatoms. The first-order valence-electron chi connectivity index (χ1n) is 15.5. The lowest BCUT2D eigenvalue weighted by atomic mass is 9.46. The fraction of sp³-hybridized carbons (Fsp3) is 0.794. The van der Waals surface area contributed by atoms with Gasteiger partial charge in [-0.1, -0.05) is 64.8 Å². The molecule has 5 N–H and O–H groups in total. The topological polar surface area (TPSA) is 73.9 Å². The normalized spacial score (nSPS) is 38.4. The van der Waals surface area contributed by atoms with Crippen LogP contribution in [0.5, 0.6) is 0 Å². The predicted octanol–water partition coefficient (Wildman–Crippen LogP) is 8.22. The summed E-state index contributed by atoms with van der Waals surface area (Å²) in [6.07, 6.45) is 17.1. The molecule has 7 atom stereocenters. The Kier molecular flexibility index (Phi) is 12.1. The lowest BCUT2D eigenvalue weighted by Gasteiger charge is -2.58. The highest BCUT2D eigenvalue weighted by Gasteiger charge is 2.58. The maximum Gasteiger partial charge on any atom is 0.00946 e. The maximum atomic E-state index is 8.26. The second-order valence-electron chi connectivity index (χ2n) is 14.0. The van der Waals surface area contributed by atoms with Crippen molar-refractivity contribution in [2.45, 2.75) is 118 Å². The first-order chi connectivity index (χ1) is 17.9. The Hall–Kier alpha value is -1.23.